The van der Waals surface area contributed by atoms with Gasteiger partial charge in [-0.15, -0.1) is 0 Å². The van der Waals surface area contributed by atoms with Gasteiger partial charge >= 0.3 is 0 Å². The molecule has 0 unspecified atom stereocenters. The van der Waals surface area contributed by atoms with E-state index < -0.39 is 0 Å². The Morgan fingerprint density at radius 2 is 2.07 bits per heavy atom. The van der Waals surface area contributed by atoms with E-state index in [1.54, 1.807) is 6.08 Å². The van der Waals surface area contributed by atoms with Gasteiger partial charge in [0, 0.05) is 42.5 Å². The predicted octanol–water partition coefficient (Wildman–Crippen LogP) is 3.23. The Balaban J connectivity index is 1.64. The molecule has 156 valence electrons. The van der Waals surface area contributed by atoms with Crippen LogP contribution in [0.25, 0.3) is 22.2 Å². The first kappa shape index (κ1) is 20.4. The number of carbonyl (C=O) groups is 1. The minimum atomic E-state index is 0.0443. The summed E-state index contributed by atoms with van der Waals surface area (Å²) in [7, 11) is 3.95. The van der Waals surface area contributed by atoms with Crippen molar-refractivity contribution in [2.75, 3.05) is 39.5 Å². The number of hydrogen-bond acceptors (Lipinski definition) is 5. The van der Waals surface area contributed by atoms with E-state index in [4.69, 9.17) is 17.3 Å². The number of hydrogen-bond donors (Lipinski definition) is 1. The number of benzene rings is 1. The van der Waals surface area contributed by atoms with Crippen LogP contribution >= 0.6 is 11.6 Å². The molecule has 0 saturated carbocycles. The van der Waals surface area contributed by atoms with Crippen LogP contribution in [-0.4, -0.2) is 64.0 Å². The Morgan fingerprint density at radius 3 is 2.80 bits per heavy atom. The molecule has 1 amide bonds. The van der Waals surface area contributed by atoms with E-state index >= 15 is 0 Å². The highest BCUT2D eigenvalue weighted by atomic mass is 35.5. The number of rotatable bonds is 5. The van der Waals surface area contributed by atoms with Gasteiger partial charge in [-0.25, -0.2) is 9.97 Å². The first-order chi connectivity index (χ1) is 14.4. The van der Waals surface area contributed by atoms with Crippen LogP contribution in [-0.2, 0) is 4.79 Å². The van der Waals surface area contributed by atoms with Gasteiger partial charge in [-0.3, -0.25) is 4.79 Å². The molecule has 4 rings (SSSR count). The van der Waals surface area contributed by atoms with Gasteiger partial charge in [0.1, 0.15) is 17.8 Å². The molecule has 0 radical (unpaired) electrons. The SMILES string of the molecule is CN(C)CC=CC(=O)N1CC[C@@H](n2cc(-c3ccc(Cl)cc3)c3c(N)ncnc32)C1. The van der Waals surface area contributed by atoms with Gasteiger partial charge in [-0.2, -0.15) is 0 Å². The van der Waals surface area contributed by atoms with Gasteiger partial charge < -0.3 is 20.1 Å². The molecule has 3 heterocycles. The third-order valence-corrected chi connectivity index (χ3v) is 5.65. The Labute approximate surface area is 180 Å². The first-order valence-electron chi connectivity index (χ1n) is 9.91. The second-order valence-corrected chi connectivity index (χ2v) is 8.24. The fourth-order valence-corrected chi connectivity index (χ4v) is 4.00. The van der Waals surface area contributed by atoms with Crippen LogP contribution < -0.4 is 5.73 Å². The lowest BCUT2D eigenvalue weighted by Crippen LogP contribution is -2.27. The van der Waals surface area contributed by atoms with Crippen LogP contribution in [0.1, 0.15) is 12.5 Å². The summed E-state index contributed by atoms with van der Waals surface area (Å²) < 4.78 is 2.13. The molecular weight excluding hydrogens is 400 g/mol. The minimum Gasteiger partial charge on any atom is -0.383 e. The number of nitrogen functional groups attached to an aromatic ring is 1. The Kier molecular flexibility index (Phi) is 5.74. The summed E-state index contributed by atoms with van der Waals surface area (Å²) in [4.78, 5) is 25.1. The molecule has 1 aliphatic heterocycles. The number of fused-ring (bicyclic) bond motifs is 1. The average molecular weight is 425 g/mol. The quantitative estimate of drug-likeness (QED) is 0.636. The first-order valence-corrected chi connectivity index (χ1v) is 10.3. The van der Waals surface area contributed by atoms with Crippen LogP contribution in [0.4, 0.5) is 5.82 Å². The van der Waals surface area contributed by atoms with Crippen molar-refractivity contribution in [1.29, 1.82) is 0 Å². The molecule has 1 atom stereocenters. The normalized spacial score (nSPS) is 16.9. The summed E-state index contributed by atoms with van der Waals surface area (Å²) in [6, 6.07) is 7.78. The molecule has 1 fully saturated rings. The molecule has 0 bridgehead atoms. The van der Waals surface area contributed by atoms with Gasteiger partial charge in [0.25, 0.3) is 0 Å². The van der Waals surface area contributed by atoms with E-state index in [0.717, 1.165) is 35.1 Å². The van der Waals surface area contributed by atoms with Crippen molar-refractivity contribution in [2.24, 2.45) is 0 Å². The number of amides is 1. The zero-order valence-electron chi connectivity index (χ0n) is 17.1. The van der Waals surface area contributed by atoms with Crippen molar-refractivity contribution >= 4 is 34.4 Å². The molecule has 1 aliphatic rings. The standard InChI is InChI=1S/C22H25ClN6O/c1-27(2)10-3-4-19(30)28-11-9-17(12-28)29-13-18(15-5-7-16(23)8-6-15)20-21(24)25-14-26-22(20)29/h3-8,13-14,17H,9-12H2,1-2H3,(H2,24,25,26)/t17-/m1/s1. The monoisotopic (exact) mass is 424 g/mol. The lowest BCUT2D eigenvalue weighted by atomic mass is 10.1. The second kappa shape index (κ2) is 8.45. The second-order valence-electron chi connectivity index (χ2n) is 7.81. The van der Waals surface area contributed by atoms with E-state index in [0.29, 0.717) is 23.9 Å². The summed E-state index contributed by atoms with van der Waals surface area (Å²) in [6.45, 7) is 2.09. The van der Waals surface area contributed by atoms with Gasteiger partial charge in [0.05, 0.1) is 11.4 Å². The molecule has 1 aromatic carbocycles. The molecule has 3 aromatic rings. The van der Waals surface area contributed by atoms with Crippen LogP contribution in [0.3, 0.4) is 0 Å². The largest absolute Gasteiger partial charge is 0.383 e. The fourth-order valence-electron chi connectivity index (χ4n) is 3.87. The number of anilines is 1. The van der Waals surface area contributed by atoms with Gasteiger partial charge in [0.2, 0.25) is 5.91 Å². The zero-order valence-corrected chi connectivity index (χ0v) is 17.9. The molecule has 7 nitrogen and oxygen atoms in total. The lowest BCUT2D eigenvalue weighted by molar-refractivity contribution is -0.125. The third-order valence-electron chi connectivity index (χ3n) is 5.39. The van der Waals surface area contributed by atoms with Gasteiger partial charge in [0.15, 0.2) is 0 Å². The van der Waals surface area contributed by atoms with Crippen LogP contribution in [0.2, 0.25) is 5.02 Å². The fraction of sp³-hybridized carbons (Fsp3) is 0.318. The number of nitrogens with two attached hydrogens (primary N) is 1. The van der Waals surface area contributed by atoms with E-state index in [1.165, 1.54) is 6.33 Å². The van der Waals surface area contributed by atoms with E-state index in [9.17, 15) is 4.79 Å². The number of carbonyl (C=O) groups excluding carboxylic acids is 1. The van der Waals surface area contributed by atoms with E-state index in [-0.39, 0.29) is 11.9 Å². The highest BCUT2D eigenvalue weighted by Gasteiger charge is 2.28. The maximum absolute atomic E-state index is 12.5. The summed E-state index contributed by atoms with van der Waals surface area (Å²) in [5.41, 5.74) is 8.98. The summed E-state index contributed by atoms with van der Waals surface area (Å²) in [5.74, 6) is 0.490. The van der Waals surface area contributed by atoms with E-state index in [1.807, 2.05) is 54.2 Å². The number of likely N-dealkylation sites (tertiary alicyclic amines) is 1. The van der Waals surface area contributed by atoms with Crippen molar-refractivity contribution < 1.29 is 4.79 Å². The maximum atomic E-state index is 12.5. The molecule has 0 spiro atoms. The molecule has 8 heteroatoms. The zero-order chi connectivity index (χ0) is 21.3. The average Bonchev–Trinajstić information content (AvgIpc) is 3.34. The number of likely N-dealkylation sites (N-methyl/N-ethyl adjacent to an activating group) is 1. The predicted molar refractivity (Wildman–Crippen MR) is 120 cm³/mol. The van der Waals surface area contributed by atoms with Crippen molar-refractivity contribution in [3.63, 3.8) is 0 Å². The molecule has 2 aromatic heterocycles. The van der Waals surface area contributed by atoms with Crippen molar-refractivity contribution in [1.82, 2.24) is 24.3 Å². The molecular formula is C22H25ClN6O. The molecule has 0 aliphatic carbocycles. The number of nitrogens with zero attached hydrogens (tertiary/aromatic N) is 5. The van der Waals surface area contributed by atoms with Gasteiger partial charge in [-0.1, -0.05) is 29.8 Å². The highest BCUT2D eigenvalue weighted by Crippen LogP contribution is 2.36. The summed E-state index contributed by atoms with van der Waals surface area (Å²) in [6.07, 6.45) is 7.98. The Morgan fingerprint density at radius 1 is 1.30 bits per heavy atom. The van der Waals surface area contributed by atoms with Crippen molar-refractivity contribution in [3.8, 4) is 11.1 Å². The molecule has 1 saturated heterocycles. The third kappa shape index (κ3) is 4.04. The van der Waals surface area contributed by atoms with Crippen LogP contribution in [0.15, 0.2) is 48.9 Å². The maximum Gasteiger partial charge on any atom is 0.246 e. The van der Waals surface area contributed by atoms with Crippen LogP contribution in [0, 0.1) is 0 Å². The smallest absolute Gasteiger partial charge is 0.246 e. The lowest BCUT2D eigenvalue weighted by Gasteiger charge is -2.16. The number of aromatic nitrogens is 3. The number of halogens is 1. The Hall–Kier alpha value is -2.90. The summed E-state index contributed by atoms with van der Waals surface area (Å²) >= 11 is 6.06. The highest BCUT2D eigenvalue weighted by molar-refractivity contribution is 6.30. The van der Waals surface area contributed by atoms with Crippen LogP contribution in [0.5, 0.6) is 0 Å². The van der Waals surface area contributed by atoms with Crippen molar-refractivity contribution in [3.05, 3.63) is 54.0 Å². The Bertz CT molecular complexity index is 1090. The molecule has 2 N–H and O–H groups in total. The van der Waals surface area contributed by atoms with Gasteiger partial charge in [-0.05, 0) is 38.2 Å². The topological polar surface area (TPSA) is 80.3 Å². The summed E-state index contributed by atoms with van der Waals surface area (Å²) in [5, 5.41) is 1.51. The van der Waals surface area contributed by atoms with E-state index in [2.05, 4.69) is 20.7 Å². The molecule has 30 heavy (non-hydrogen) atoms. The minimum absolute atomic E-state index is 0.0443. The van der Waals surface area contributed by atoms with Crippen molar-refractivity contribution in [2.45, 2.75) is 12.5 Å².